The summed E-state index contributed by atoms with van der Waals surface area (Å²) >= 11 is 0. The van der Waals surface area contributed by atoms with E-state index in [1.165, 1.54) is 0 Å². The van der Waals surface area contributed by atoms with Gasteiger partial charge in [-0.3, -0.25) is 5.10 Å². The first-order chi connectivity index (χ1) is 16.2. The van der Waals surface area contributed by atoms with Gasteiger partial charge in [-0.05, 0) is 55.8 Å². The molecule has 3 heterocycles. The van der Waals surface area contributed by atoms with Gasteiger partial charge in [0.25, 0.3) is 0 Å². The maximum Gasteiger partial charge on any atom is 0.161 e. The fourth-order valence-corrected chi connectivity index (χ4v) is 3.92. The number of ether oxygens (including phenoxy) is 2. The zero-order valence-corrected chi connectivity index (χ0v) is 18.0. The van der Waals surface area contributed by atoms with Gasteiger partial charge in [0.1, 0.15) is 34.6 Å². The van der Waals surface area contributed by atoms with Crippen LogP contribution in [0.5, 0.6) is 23.0 Å². The summed E-state index contributed by atoms with van der Waals surface area (Å²) in [6, 6.07) is 16.3. The van der Waals surface area contributed by atoms with Crippen molar-refractivity contribution >= 4 is 16.9 Å². The van der Waals surface area contributed by atoms with Crippen LogP contribution in [0.1, 0.15) is 18.2 Å². The fourth-order valence-electron chi connectivity index (χ4n) is 3.92. The number of rotatable bonds is 8. The molecule has 1 aliphatic heterocycles. The second-order valence-corrected chi connectivity index (χ2v) is 8.01. The van der Waals surface area contributed by atoms with Crippen LogP contribution in [0, 0.1) is 5.92 Å². The summed E-state index contributed by atoms with van der Waals surface area (Å²) in [5.74, 6) is 3.44. The molecule has 9 heteroatoms. The van der Waals surface area contributed by atoms with Crippen LogP contribution in [0.2, 0.25) is 0 Å². The van der Waals surface area contributed by atoms with Gasteiger partial charge in [-0.25, -0.2) is 4.98 Å². The van der Waals surface area contributed by atoms with Gasteiger partial charge in [-0.1, -0.05) is 18.2 Å². The number of nitrogens with one attached hydrogen (secondary N) is 3. The Morgan fingerprint density at radius 1 is 1.09 bits per heavy atom. The van der Waals surface area contributed by atoms with Gasteiger partial charge < -0.3 is 30.9 Å². The smallest absolute Gasteiger partial charge is 0.161 e. The minimum absolute atomic E-state index is 0.406. The second kappa shape index (κ2) is 9.45. The van der Waals surface area contributed by atoms with Crippen LogP contribution in [0.3, 0.4) is 0 Å². The molecule has 0 bridgehead atoms. The second-order valence-electron chi connectivity index (χ2n) is 8.01. The first-order valence-electron chi connectivity index (χ1n) is 10.9. The van der Waals surface area contributed by atoms with E-state index in [0.29, 0.717) is 45.9 Å². The zero-order valence-electron chi connectivity index (χ0n) is 18.0. The summed E-state index contributed by atoms with van der Waals surface area (Å²) in [5.41, 5.74) is 6.86. The first-order valence-corrected chi connectivity index (χ1v) is 10.9. The number of para-hydroxylation sites is 1. The number of aliphatic hydroxyl groups excluding tert-OH is 1. The molecule has 0 saturated carbocycles. The van der Waals surface area contributed by atoms with Crippen LogP contribution in [0.15, 0.2) is 60.8 Å². The van der Waals surface area contributed by atoms with Crippen LogP contribution in [0.4, 0.5) is 5.82 Å². The molecule has 0 radical (unpaired) electrons. The normalized spacial score (nSPS) is 16.6. The largest absolute Gasteiger partial charge is 0.457 e. The molecule has 1 saturated heterocycles. The number of aromatic amines is 1. The van der Waals surface area contributed by atoms with E-state index in [-0.39, 0.29) is 0 Å². The number of aliphatic hydroxyl groups is 1. The third-order valence-corrected chi connectivity index (χ3v) is 5.64. The van der Waals surface area contributed by atoms with Crippen molar-refractivity contribution in [3.63, 3.8) is 0 Å². The molecule has 33 heavy (non-hydrogen) atoms. The molecule has 5 rings (SSSR count). The van der Waals surface area contributed by atoms with Gasteiger partial charge in [-0.2, -0.15) is 5.10 Å². The Hall–Kier alpha value is -3.66. The molecule has 170 valence electrons. The molecule has 1 aliphatic rings. The highest BCUT2D eigenvalue weighted by molar-refractivity contribution is 5.93. The van der Waals surface area contributed by atoms with Crippen LogP contribution < -0.4 is 25.8 Å². The topological polar surface area (TPSA) is 130 Å². The summed E-state index contributed by atoms with van der Waals surface area (Å²) in [5, 5.41) is 25.1. The Bertz CT molecular complexity index is 1220. The quantitative estimate of drug-likeness (QED) is 0.260. The molecule has 6 N–H and O–H groups in total. The van der Waals surface area contributed by atoms with E-state index >= 15 is 0 Å². The zero-order chi connectivity index (χ0) is 22.6. The number of nitrogens with two attached hydrogens (primary N) is 1. The summed E-state index contributed by atoms with van der Waals surface area (Å²) in [6.07, 6.45) is 1.53. The number of aromatic nitrogens is 3. The molecule has 4 aromatic rings. The lowest BCUT2D eigenvalue weighted by molar-refractivity contribution is 0.182. The third kappa shape index (κ3) is 4.75. The van der Waals surface area contributed by atoms with Crippen molar-refractivity contribution in [3.05, 3.63) is 66.4 Å². The minimum Gasteiger partial charge on any atom is -0.457 e. The fraction of sp³-hybridized carbons (Fsp3) is 0.250. The maximum atomic E-state index is 10.2. The molecule has 9 nitrogen and oxygen atoms in total. The van der Waals surface area contributed by atoms with Crippen LogP contribution in [-0.2, 0) is 0 Å². The van der Waals surface area contributed by atoms with E-state index in [1.807, 2.05) is 30.3 Å². The van der Waals surface area contributed by atoms with Crippen LogP contribution >= 0.6 is 0 Å². The number of hydrogen-bond donors (Lipinski definition) is 5. The van der Waals surface area contributed by atoms with E-state index in [2.05, 4.69) is 25.8 Å². The van der Waals surface area contributed by atoms with Crippen molar-refractivity contribution in [1.29, 1.82) is 0 Å². The standard InChI is InChI=1S/C24H26N6O3/c25-22(31)18-12-17(32-16-4-2-1-3-5-16)6-7-19(18)33-20-9-11-27-23-21(20)24(30-29-23)28-14-15-8-10-26-13-15/h1-7,9,11-12,15,22,26,31H,8,10,13-14,25H2,(H2,27,28,29,30)/t15-,22?/m1/s1. The molecular weight excluding hydrogens is 420 g/mol. The highest BCUT2D eigenvalue weighted by Gasteiger charge is 2.19. The SMILES string of the molecule is NC(O)c1cc(Oc2ccccc2)ccc1Oc1ccnc2[nH]nc(NC[C@@H]3CCNC3)c12. The van der Waals surface area contributed by atoms with E-state index in [4.69, 9.17) is 15.2 Å². The Labute approximate surface area is 190 Å². The predicted molar refractivity (Wildman–Crippen MR) is 126 cm³/mol. The Morgan fingerprint density at radius 3 is 2.76 bits per heavy atom. The molecule has 1 fully saturated rings. The first kappa shape index (κ1) is 21.2. The summed E-state index contributed by atoms with van der Waals surface area (Å²) < 4.78 is 12.1. The molecule has 1 unspecified atom stereocenters. The van der Waals surface area contributed by atoms with Crippen molar-refractivity contribution in [1.82, 2.24) is 20.5 Å². The molecule has 2 aromatic heterocycles. The number of nitrogens with zero attached hydrogens (tertiary/aromatic N) is 2. The van der Waals surface area contributed by atoms with Gasteiger partial charge >= 0.3 is 0 Å². The van der Waals surface area contributed by atoms with E-state index in [9.17, 15) is 5.11 Å². The van der Waals surface area contributed by atoms with E-state index in [0.717, 1.165) is 31.4 Å². The number of benzene rings is 2. The lowest BCUT2D eigenvalue weighted by Gasteiger charge is -2.16. The predicted octanol–water partition coefficient (Wildman–Crippen LogP) is 3.51. The molecule has 0 spiro atoms. The Morgan fingerprint density at radius 2 is 1.97 bits per heavy atom. The van der Waals surface area contributed by atoms with E-state index < -0.39 is 6.23 Å². The van der Waals surface area contributed by atoms with Gasteiger partial charge in [-0.15, -0.1) is 0 Å². The Kier molecular flexibility index (Phi) is 6.07. The average molecular weight is 447 g/mol. The summed E-state index contributed by atoms with van der Waals surface area (Å²) in [7, 11) is 0. The number of H-pyrrole nitrogens is 1. The number of pyridine rings is 1. The number of hydrogen-bond acceptors (Lipinski definition) is 8. The maximum absolute atomic E-state index is 10.2. The Balaban J connectivity index is 1.42. The molecular formula is C24H26N6O3. The summed E-state index contributed by atoms with van der Waals surface area (Å²) in [6.45, 7) is 2.84. The van der Waals surface area contributed by atoms with Crippen molar-refractivity contribution < 1.29 is 14.6 Å². The molecule has 2 aromatic carbocycles. The lowest BCUT2D eigenvalue weighted by atomic mass is 10.1. The monoisotopic (exact) mass is 446 g/mol. The van der Waals surface area contributed by atoms with Crippen molar-refractivity contribution in [2.45, 2.75) is 12.6 Å². The highest BCUT2D eigenvalue weighted by atomic mass is 16.5. The number of fused-ring (bicyclic) bond motifs is 1. The molecule has 0 aliphatic carbocycles. The molecule has 2 atom stereocenters. The van der Waals surface area contributed by atoms with Crippen LogP contribution in [0.25, 0.3) is 11.0 Å². The van der Waals surface area contributed by atoms with Crippen molar-refractivity contribution in [2.24, 2.45) is 11.7 Å². The third-order valence-electron chi connectivity index (χ3n) is 5.64. The average Bonchev–Trinajstić information content (AvgIpc) is 3.49. The van der Waals surface area contributed by atoms with Crippen molar-refractivity contribution in [3.8, 4) is 23.0 Å². The number of anilines is 1. The minimum atomic E-state index is -1.24. The van der Waals surface area contributed by atoms with Gasteiger partial charge in [0.15, 0.2) is 11.5 Å². The summed E-state index contributed by atoms with van der Waals surface area (Å²) in [4.78, 5) is 4.36. The molecule has 0 amide bonds. The van der Waals surface area contributed by atoms with Gasteiger partial charge in [0, 0.05) is 24.4 Å². The van der Waals surface area contributed by atoms with Crippen LogP contribution in [-0.4, -0.2) is 39.9 Å². The van der Waals surface area contributed by atoms with Gasteiger partial charge in [0.05, 0.1) is 0 Å². The van der Waals surface area contributed by atoms with E-state index in [1.54, 1.807) is 30.5 Å². The van der Waals surface area contributed by atoms with Gasteiger partial charge in [0.2, 0.25) is 0 Å². The van der Waals surface area contributed by atoms with Crippen molar-refractivity contribution in [2.75, 3.05) is 25.0 Å². The highest BCUT2D eigenvalue weighted by Crippen LogP contribution is 2.37. The lowest BCUT2D eigenvalue weighted by Crippen LogP contribution is -2.17.